The molecule has 2 nitrogen and oxygen atoms in total. The Labute approximate surface area is 126 Å². The topological polar surface area (TPSA) is 15.3 Å². The summed E-state index contributed by atoms with van der Waals surface area (Å²) in [5, 5.41) is 3.52. The molecule has 0 saturated carbocycles. The van der Waals surface area contributed by atoms with Crippen LogP contribution in [0.15, 0.2) is 12.1 Å². The van der Waals surface area contributed by atoms with Gasteiger partial charge in [0.25, 0.3) is 0 Å². The van der Waals surface area contributed by atoms with Crippen LogP contribution in [0.2, 0.25) is 0 Å². The summed E-state index contributed by atoms with van der Waals surface area (Å²) in [7, 11) is 0. The summed E-state index contributed by atoms with van der Waals surface area (Å²) in [6.45, 7) is 8.39. The van der Waals surface area contributed by atoms with Crippen molar-refractivity contribution >= 4 is 0 Å². The van der Waals surface area contributed by atoms with Crippen molar-refractivity contribution < 1.29 is 8.78 Å². The van der Waals surface area contributed by atoms with E-state index in [4.69, 9.17) is 0 Å². The lowest BCUT2D eigenvalue weighted by Gasteiger charge is -2.34. The first-order chi connectivity index (χ1) is 10.0. The van der Waals surface area contributed by atoms with E-state index in [9.17, 15) is 8.78 Å². The van der Waals surface area contributed by atoms with Crippen molar-refractivity contribution in [1.29, 1.82) is 0 Å². The molecule has 1 saturated heterocycles. The molecule has 2 atom stereocenters. The zero-order valence-corrected chi connectivity index (χ0v) is 13.3. The van der Waals surface area contributed by atoms with E-state index in [0.29, 0.717) is 17.2 Å². The lowest BCUT2D eigenvalue weighted by Crippen LogP contribution is -2.44. The SMILES string of the molecule is CCN(CC1CCCCN1)C(C)c1cc(F)c(C)cc1F. The number of hydrogen-bond donors (Lipinski definition) is 1. The Hall–Kier alpha value is -1.00. The van der Waals surface area contributed by atoms with E-state index >= 15 is 0 Å². The Morgan fingerprint density at radius 1 is 1.29 bits per heavy atom. The quantitative estimate of drug-likeness (QED) is 0.889. The Morgan fingerprint density at radius 3 is 2.67 bits per heavy atom. The third kappa shape index (κ3) is 4.01. The maximum atomic E-state index is 14.1. The van der Waals surface area contributed by atoms with Crippen molar-refractivity contribution in [2.24, 2.45) is 0 Å². The third-order valence-electron chi connectivity index (χ3n) is 4.55. The molecule has 1 N–H and O–H groups in total. The average molecular weight is 296 g/mol. The van der Waals surface area contributed by atoms with Gasteiger partial charge in [0.15, 0.2) is 0 Å². The molecule has 21 heavy (non-hydrogen) atoms. The number of halogens is 2. The summed E-state index contributed by atoms with van der Waals surface area (Å²) in [6, 6.07) is 2.99. The Balaban J connectivity index is 2.11. The van der Waals surface area contributed by atoms with Gasteiger partial charge in [-0.1, -0.05) is 13.3 Å². The molecule has 1 aromatic carbocycles. The van der Waals surface area contributed by atoms with Gasteiger partial charge in [0, 0.05) is 24.2 Å². The van der Waals surface area contributed by atoms with E-state index in [2.05, 4.69) is 17.1 Å². The highest BCUT2D eigenvalue weighted by atomic mass is 19.1. The van der Waals surface area contributed by atoms with Crippen LogP contribution in [0.25, 0.3) is 0 Å². The highest BCUT2D eigenvalue weighted by Crippen LogP contribution is 2.26. The largest absolute Gasteiger partial charge is 0.313 e. The second-order valence-electron chi connectivity index (χ2n) is 6.03. The van der Waals surface area contributed by atoms with Crippen LogP contribution in [0, 0.1) is 18.6 Å². The van der Waals surface area contributed by atoms with Crippen LogP contribution in [0.3, 0.4) is 0 Å². The second-order valence-corrected chi connectivity index (χ2v) is 6.03. The summed E-state index contributed by atoms with van der Waals surface area (Å²) in [4.78, 5) is 2.22. The molecule has 0 spiro atoms. The normalized spacial score (nSPS) is 20.8. The molecular weight excluding hydrogens is 270 g/mol. The van der Waals surface area contributed by atoms with Crippen LogP contribution < -0.4 is 5.32 Å². The molecule has 1 fully saturated rings. The van der Waals surface area contributed by atoms with E-state index in [-0.39, 0.29) is 17.7 Å². The summed E-state index contributed by atoms with van der Waals surface area (Å²) < 4.78 is 27.9. The fraction of sp³-hybridized carbons (Fsp3) is 0.647. The minimum absolute atomic E-state index is 0.117. The predicted octanol–water partition coefficient (Wildman–Crippen LogP) is 3.80. The molecule has 0 radical (unpaired) electrons. The number of nitrogens with one attached hydrogen (secondary N) is 1. The van der Waals surface area contributed by atoms with Crippen molar-refractivity contribution in [2.45, 2.75) is 52.1 Å². The summed E-state index contributed by atoms with van der Waals surface area (Å²) in [6.07, 6.45) is 3.64. The first kappa shape index (κ1) is 16.4. The maximum Gasteiger partial charge on any atom is 0.128 e. The van der Waals surface area contributed by atoms with Crippen LogP contribution in [0.4, 0.5) is 8.78 Å². The molecule has 4 heteroatoms. The minimum Gasteiger partial charge on any atom is -0.313 e. The number of hydrogen-bond acceptors (Lipinski definition) is 2. The number of likely N-dealkylation sites (N-methyl/N-ethyl adjacent to an activating group) is 1. The lowest BCUT2D eigenvalue weighted by molar-refractivity contribution is 0.181. The highest BCUT2D eigenvalue weighted by molar-refractivity contribution is 5.27. The van der Waals surface area contributed by atoms with Gasteiger partial charge in [-0.05, 0) is 57.5 Å². The van der Waals surface area contributed by atoms with Crippen LogP contribution in [-0.2, 0) is 0 Å². The molecule has 1 aliphatic rings. The van der Waals surface area contributed by atoms with Gasteiger partial charge in [-0.3, -0.25) is 4.90 Å². The van der Waals surface area contributed by atoms with Crippen LogP contribution in [0.5, 0.6) is 0 Å². The molecule has 2 rings (SSSR count). The Bertz CT molecular complexity index is 470. The molecule has 0 amide bonds. The summed E-state index contributed by atoms with van der Waals surface area (Å²) in [5.74, 6) is -0.637. The number of benzene rings is 1. The van der Waals surface area contributed by atoms with E-state index in [1.165, 1.54) is 25.0 Å². The minimum atomic E-state index is -0.329. The van der Waals surface area contributed by atoms with Crippen molar-refractivity contribution in [1.82, 2.24) is 10.2 Å². The van der Waals surface area contributed by atoms with Gasteiger partial charge >= 0.3 is 0 Å². The lowest BCUT2D eigenvalue weighted by atomic mass is 10.0. The van der Waals surface area contributed by atoms with Gasteiger partial charge in [0.05, 0.1) is 0 Å². The van der Waals surface area contributed by atoms with Gasteiger partial charge in [0.2, 0.25) is 0 Å². The van der Waals surface area contributed by atoms with Crippen molar-refractivity contribution in [3.05, 3.63) is 34.9 Å². The third-order valence-corrected chi connectivity index (χ3v) is 4.55. The van der Waals surface area contributed by atoms with Crippen molar-refractivity contribution in [3.63, 3.8) is 0 Å². The monoisotopic (exact) mass is 296 g/mol. The van der Waals surface area contributed by atoms with E-state index in [0.717, 1.165) is 26.1 Å². The van der Waals surface area contributed by atoms with Gasteiger partial charge in [-0.25, -0.2) is 8.78 Å². The van der Waals surface area contributed by atoms with Crippen molar-refractivity contribution in [2.75, 3.05) is 19.6 Å². The Kier molecular flexibility index (Phi) is 5.71. The first-order valence-corrected chi connectivity index (χ1v) is 7.96. The van der Waals surface area contributed by atoms with Gasteiger partial charge < -0.3 is 5.32 Å². The number of nitrogens with zero attached hydrogens (tertiary/aromatic N) is 1. The maximum absolute atomic E-state index is 14.1. The second kappa shape index (κ2) is 7.32. The number of aryl methyl sites for hydroxylation is 1. The predicted molar refractivity (Wildman–Crippen MR) is 82.4 cm³/mol. The molecule has 1 aliphatic heterocycles. The fourth-order valence-corrected chi connectivity index (χ4v) is 3.10. The fourth-order valence-electron chi connectivity index (χ4n) is 3.10. The molecular formula is C17H26F2N2. The van der Waals surface area contributed by atoms with Gasteiger partial charge in [-0.2, -0.15) is 0 Å². The molecule has 0 bridgehead atoms. The smallest absolute Gasteiger partial charge is 0.128 e. The first-order valence-electron chi connectivity index (χ1n) is 7.96. The Morgan fingerprint density at radius 2 is 2.05 bits per heavy atom. The zero-order valence-electron chi connectivity index (χ0n) is 13.3. The van der Waals surface area contributed by atoms with Crippen molar-refractivity contribution in [3.8, 4) is 0 Å². The molecule has 1 aromatic rings. The molecule has 0 aromatic heterocycles. The van der Waals surface area contributed by atoms with Gasteiger partial charge in [0.1, 0.15) is 11.6 Å². The number of piperidine rings is 1. The van der Waals surface area contributed by atoms with Gasteiger partial charge in [-0.15, -0.1) is 0 Å². The van der Waals surface area contributed by atoms with E-state index in [1.54, 1.807) is 6.92 Å². The highest BCUT2D eigenvalue weighted by Gasteiger charge is 2.23. The molecule has 0 aliphatic carbocycles. The zero-order chi connectivity index (χ0) is 15.4. The molecule has 118 valence electrons. The van der Waals surface area contributed by atoms with E-state index < -0.39 is 0 Å². The standard InChI is InChI=1S/C17H26F2N2/c1-4-21(11-14-7-5-6-8-20-14)13(3)15-10-16(18)12(2)9-17(15)19/h9-10,13-14,20H,4-8,11H2,1-3H3. The summed E-state index contributed by atoms with van der Waals surface area (Å²) in [5.41, 5.74) is 0.816. The number of rotatable bonds is 5. The van der Waals surface area contributed by atoms with Crippen LogP contribution in [-0.4, -0.2) is 30.6 Å². The van der Waals surface area contributed by atoms with Crippen LogP contribution in [0.1, 0.15) is 50.3 Å². The molecule has 1 heterocycles. The summed E-state index contributed by atoms with van der Waals surface area (Å²) >= 11 is 0. The van der Waals surface area contributed by atoms with Crippen LogP contribution >= 0.6 is 0 Å². The van der Waals surface area contributed by atoms with E-state index in [1.807, 2.05) is 6.92 Å². The molecule has 2 unspecified atom stereocenters. The average Bonchev–Trinajstić information content (AvgIpc) is 2.49.